The molecule has 2 aromatic rings. The second kappa shape index (κ2) is 6.10. The first-order valence-electron chi connectivity index (χ1n) is 6.41. The van der Waals surface area contributed by atoms with E-state index in [-0.39, 0.29) is 0 Å². The highest BCUT2D eigenvalue weighted by molar-refractivity contribution is 5.78. The van der Waals surface area contributed by atoms with Gasteiger partial charge in [0.25, 0.3) is 0 Å². The van der Waals surface area contributed by atoms with Crippen LogP contribution in [0.3, 0.4) is 0 Å². The smallest absolute Gasteiger partial charge is 0.0960 e. The summed E-state index contributed by atoms with van der Waals surface area (Å²) in [6.45, 7) is 7.66. The third-order valence-corrected chi connectivity index (χ3v) is 2.72. The molecule has 0 saturated carbocycles. The molecule has 0 unspecified atom stereocenters. The highest BCUT2D eigenvalue weighted by atomic mass is 14.9. The molecule has 0 aliphatic carbocycles. The van der Waals surface area contributed by atoms with Gasteiger partial charge in [0.1, 0.15) is 0 Å². The number of nitrogens with two attached hydrogens (primary N) is 1. The van der Waals surface area contributed by atoms with Gasteiger partial charge in [0, 0.05) is 23.9 Å². The number of hydrogen-bond acceptors (Lipinski definition) is 3. The number of allylic oxidation sites excluding steroid dienone is 1. The number of nitrogens with zero attached hydrogens (tertiary/aromatic N) is 3. The third-order valence-electron chi connectivity index (χ3n) is 2.72. The molecule has 0 aliphatic heterocycles. The van der Waals surface area contributed by atoms with Crippen molar-refractivity contribution in [3.8, 4) is 11.3 Å². The fourth-order valence-electron chi connectivity index (χ4n) is 1.93. The van der Waals surface area contributed by atoms with Gasteiger partial charge in [-0.3, -0.25) is 4.98 Å². The summed E-state index contributed by atoms with van der Waals surface area (Å²) in [6.07, 6.45) is 4.03. The highest BCUT2D eigenvalue weighted by Crippen LogP contribution is 2.18. The summed E-state index contributed by atoms with van der Waals surface area (Å²) in [6, 6.07) is 8.18. The van der Waals surface area contributed by atoms with Crippen LogP contribution in [-0.2, 0) is 6.42 Å². The Hall–Kier alpha value is -2.49. The Kier molecular flexibility index (Phi) is 4.25. The van der Waals surface area contributed by atoms with E-state index in [1.165, 1.54) is 5.56 Å². The van der Waals surface area contributed by atoms with Crippen molar-refractivity contribution in [3.05, 3.63) is 60.2 Å². The van der Waals surface area contributed by atoms with Crippen molar-refractivity contribution in [2.75, 3.05) is 0 Å². The highest BCUT2D eigenvalue weighted by Gasteiger charge is 2.04. The molecule has 4 nitrogen and oxygen atoms in total. The van der Waals surface area contributed by atoms with Crippen molar-refractivity contribution >= 4 is 5.84 Å². The number of benzene rings is 1. The number of aromatic nitrogens is 2. The molecule has 0 atom stereocenters. The van der Waals surface area contributed by atoms with Crippen LogP contribution < -0.4 is 5.73 Å². The molecular weight excluding hydrogens is 248 g/mol. The molecule has 1 heterocycles. The molecular formula is C16H18N4. The van der Waals surface area contributed by atoms with Crippen LogP contribution in [0.4, 0.5) is 0 Å². The van der Waals surface area contributed by atoms with Crippen molar-refractivity contribution < 1.29 is 0 Å². The Bertz CT molecular complexity index is 655. The van der Waals surface area contributed by atoms with E-state index in [0.717, 1.165) is 17.0 Å². The van der Waals surface area contributed by atoms with E-state index in [2.05, 4.69) is 40.6 Å². The van der Waals surface area contributed by atoms with Gasteiger partial charge < -0.3 is 5.73 Å². The maximum absolute atomic E-state index is 5.54. The summed E-state index contributed by atoms with van der Waals surface area (Å²) < 4.78 is 0. The zero-order valence-electron chi connectivity index (χ0n) is 11.8. The minimum atomic E-state index is 0.498. The predicted molar refractivity (Wildman–Crippen MR) is 82.3 cm³/mol. The lowest BCUT2D eigenvalue weighted by molar-refractivity contribution is 1.00. The van der Waals surface area contributed by atoms with Gasteiger partial charge in [-0.15, -0.1) is 0 Å². The summed E-state index contributed by atoms with van der Waals surface area (Å²) in [5.41, 5.74) is 10.2. The summed E-state index contributed by atoms with van der Waals surface area (Å²) >= 11 is 0. The summed E-state index contributed by atoms with van der Waals surface area (Å²) in [7, 11) is 0. The average Bonchev–Trinajstić information content (AvgIpc) is 2.38. The standard InChI is InChI=1S/C16H18N4/c1-11-5-4-6-14(7-11)16-10-18-9-15(20-16)8-12(2)19-13(3)17/h4-7,9-10H,2,8H2,1,3H3,(H2,17,19). The lowest BCUT2D eigenvalue weighted by Crippen LogP contribution is -2.06. The third kappa shape index (κ3) is 3.75. The Morgan fingerprint density at radius 3 is 2.85 bits per heavy atom. The number of rotatable bonds is 4. The van der Waals surface area contributed by atoms with E-state index in [1.54, 1.807) is 19.3 Å². The van der Waals surface area contributed by atoms with Crippen LogP contribution >= 0.6 is 0 Å². The topological polar surface area (TPSA) is 64.2 Å². The van der Waals surface area contributed by atoms with Crippen molar-refractivity contribution in [2.45, 2.75) is 20.3 Å². The molecule has 0 fully saturated rings. The van der Waals surface area contributed by atoms with Crippen LogP contribution in [0.1, 0.15) is 18.2 Å². The molecule has 0 saturated heterocycles. The van der Waals surface area contributed by atoms with Crippen LogP contribution in [0.25, 0.3) is 11.3 Å². The van der Waals surface area contributed by atoms with Crippen LogP contribution in [0.15, 0.2) is 53.9 Å². The number of hydrogen-bond donors (Lipinski definition) is 1. The number of aryl methyl sites for hydroxylation is 1. The van der Waals surface area contributed by atoms with Gasteiger partial charge in [-0.1, -0.05) is 30.3 Å². The Morgan fingerprint density at radius 1 is 1.35 bits per heavy atom. The van der Waals surface area contributed by atoms with E-state index in [4.69, 9.17) is 5.73 Å². The van der Waals surface area contributed by atoms with E-state index in [1.807, 2.05) is 12.1 Å². The molecule has 0 amide bonds. The van der Waals surface area contributed by atoms with Gasteiger partial charge in [0.15, 0.2) is 0 Å². The second-order valence-corrected chi connectivity index (χ2v) is 4.76. The molecule has 0 spiro atoms. The molecule has 0 aliphatic rings. The Labute approximate surface area is 119 Å². The first-order valence-corrected chi connectivity index (χ1v) is 6.41. The largest absolute Gasteiger partial charge is 0.387 e. The SMILES string of the molecule is C=C(Cc1cncc(-c2cccc(C)c2)n1)N=C(C)N. The summed E-state index contributed by atoms with van der Waals surface area (Å²) in [4.78, 5) is 13.0. The fourth-order valence-corrected chi connectivity index (χ4v) is 1.93. The molecule has 102 valence electrons. The minimum Gasteiger partial charge on any atom is -0.387 e. The van der Waals surface area contributed by atoms with E-state index in [0.29, 0.717) is 18.0 Å². The molecule has 20 heavy (non-hydrogen) atoms. The molecule has 2 rings (SSSR count). The van der Waals surface area contributed by atoms with Gasteiger partial charge in [0.05, 0.1) is 23.4 Å². The van der Waals surface area contributed by atoms with Gasteiger partial charge in [-0.25, -0.2) is 9.98 Å². The van der Waals surface area contributed by atoms with Gasteiger partial charge >= 0.3 is 0 Å². The van der Waals surface area contributed by atoms with E-state index >= 15 is 0 Å². The molecule has 2 N–H and O–H groups in total. The van der Waals surface area contributed by atoms with Crippen LogP contribution in [-0.4, -0.2) is 15.8 Å². The summed E-state index contributed by atoms with van der Waals surface area (Å²) in [5, 5.41) is 0. The first-order chi connectivity index (χ1) is 9.54. The van der Waals surface area contributed by atoms with E-state index < -0.39 is 0 Å². The van der Waals surface area contributed by atoms with Gasteiger partial charge in [-0.2, -0.15) is 0 Å². The lowest BCUT2D eigenvalue weighted by atomic mass is 10.1. The zero-order chi connectivity index (χ0) is 14.5. The monoisotopic (exact) mass is 266 g/mol. The molecule has 1 aromatic heterocycles. The molecule has 0 radical (unpaired) electrons. The van der Waals surface area contributed by atoms with Crippen molar-refractivity contribution in [1.29, 1.82) is 0 Å². The Morgan fingerprint density at radius 2 is 2.15 bits per heavy atom. The average molecular weight is 266 g/mol. The zero-order valence-corrected chi connectivity index (χ0v) is 11.8. The fraction of sp³-hybridized carbons (Fsp3) is 0.188. The second-order valence-electron chi connectivity index (χ2n) is 4.76. The number of aliphatic imine (C=N–C) groups is 1. The first kappa shape index (κ1) is 13.9. The number of amidine groups is 1. The minimum absolute atomic E-state index is 0.498. The maximum atomic E-state index is 5.54. The van der Waals surface area contributed by atoms with Gasteiger partial charge in [-0.05, 0) is 19.9 Å². The Balaban J connectivity index is 2.24. The predicted octanol–water partition coefficient (Wildman–Crippen LogP) is 2.89. The molecule has 1 aromatic carbocycles. The molecule has 4 heteroatoms. The quantitative estimate of drug-likeness (QED) is 0.683. The lowest BCUT2D eigenvalue weighted by Gasteiger charge is -2.05. The maximum Gasteiger partial charge on any atom is 0.0960 e. The van der Waals surface area contributed by atoms with Crippen LogP contribution in [0.5, 0.6) is 0 Å². The van der Waals surface area contributed by atoms with Crippen molar-refractivity contribution in [1.82, 2.24) is 9.97 Å². The summed E-state index contributed by atoms with van der Waals surface area (Å²) in [5.74, 6) is 0.498. The van der Waals surface area contributed by atoms with Crippen molar-refractivity contribution in [2.24, 2.45) is 10.7 Å². The van der Waals surface area contributed by atoms with Crippen molar-refractivity contribution in [3.63, 3.8) is 0 Å². The van der Waals surface area contributed by atoms with Gasteiger partial charge in [0.2, 0.25) is 0 Å². The van der Waals surface area contributed by atoms with Crippen LogP contribution in [0.2, 0.25) is 0 Å². The van der Waals surface area contributed by atoms with E-state index in [9.17, 15) is 0 Å². The normalized spacial score (nSPS) is 11.4. The molecule has 0 bridgehead atoms. The van der Waals surface area contributed by atoms with Crippen LogP contribution in [0, 0.1) is 6.92 Å².